The van der Waals surface area contributed by atoms with Crippen LogP contribution in [0, 0.1) is 0 Å². The Kier molecular flexibility index (Phi) is 10.0. The van der Waals surface area contributed by atoms with Crippen molar-refractivity contribution < 1.29 is 27.5 Å². The fourth-order valence-electron chi connectivity index (χ4n) is 4.62. The molecule has 1 N–H and O–H groups in total. The third-order valence-electron chi connectivity index (χ3n) is 6.70. The summed E-state index contributed by atoms with van der Waals surface area (Å²) in [5.74, 6) is 0.294. The number of amides is 2. The Hall–Kier alpha value is -3.47. The molecule has 0 radical (unpaired) electrons. The van der Waals surface area contributed by atoms with Crippen LogP contribution in [-0.4, -0.2) is 57.8 Å². The molecule has 0 aliphatic carbocycles. The number of nitrogens with zero attached hydrogens (tertiary/aromatic N) is 2. The normalized spacial score (nSPS) is 13.0. The van der Waals surface area contributed by atoms with E-state index < -0.39 is 16.1 Å². The van der Waals surface area contributed by atoms with Gasteiger partial charge in [-0.3, -0.25) is 13.9 Å². The van der Waals surface area contributed by atoms with Crippen molar-refractivity contribution in [3.8, 4) is 11.5 Å². The van der Waals surface area contributed by atoms with Crippen molar-refractivity contribution in [2.75, 3.05) is 30.9 Å². The highest BCUT2D eigenvalue weighted by atomic mass is 35.5. The van der Waals surface area contributed by atoms with Gasteiger partial charge in [0.05, 0.1) is 11.9 Å². The zero-order chi connectivity index (χ0) is 29.6. The van der Waals surface area contributed by atoms with E-state index in [-0.39, 0.29) is 51.0 Å². The predicted molar refractivity (Wildman–Crippen MR) is 159 cm³/mol. The highest BCUT2D eigenvalue weighted by Gasteiger charge is 2.31. The maximum absolute atomic E-state index is 13.8. The van der Waals surface area contributed by atoms with Crippen molar-refractivity contribution in [1.82, 2.24) is 10.2 Å². The summed E-state index contributed by atoms with van der Waals surface area (Å²) in [6, 6.07) is 18.4. The molecule has 0 bridgehead atoms. The van der Waals surface area contributed by atoms with E-state index >= 15 is 0 Å². The second kappa shape index (κ2) is 13.5. The number of likely N-dealkylation sites (N-methyl/N-ethyl adjacent to an activating group) is 1. The quantitative estimate of drug-likeness (QED) is 0.316. The van der Waals surface area contributed by atoms with Crippen LogP contribution >= 0.6 is 23.2 Å². The first-order valence-corrected chi connectivity index (χ1v) is 15.5. The lowest BCUT2D eigenvalue weighted by Crippen LogP contribution is -2.50. The maximum atomic E-state index is 13.8. The number of rotatable bonds is 12. The van der Waals surface area contributed by atoms with Crippen molar-refractivity contribution in [1.29, 1.82) is 0 Å². The zero-order valence-electron chi connectivity index (χ0n) is 22.7. The average Bonchev–Trinajstić information content (AvgIpc) is 3.42. The number of benzene rings is 3. The second-order valence-corrected chi connectivity index (χ2v) is 12.2. The number of carbonyl (C=O) groups excluding carboxylic acids is 2. The molecule has 0 unspecified atom stereocenters. The average molecular weight is 621 g/mol. The number of ether oxygens (including phenoxy) is 2. The third-order valence-corrected chi connectivity index (χ3v) is 8.61. The number of anilines is 1. The fraction of sp³-hybridized carbons (Fsp3) is 0.310. The van der Waals surface area contributed by atoms with Gasteiger partial charge in [0.1, 0.15) is 6.04 Å². The van der Waals surface area contributed by atoms with Gasteiger partial charge in [-0.1, -0.05) is 59.6 Å². The van der Waals surface area contributed by atoms with Gasteiger partial charge in [0.2, 0.25) is 28.6 Å². The van der Waals surface area contributed by atoms with E-state index in [1.165, 1.54) is 16.3 Å². The Labute approximate surface area is 250 Å². The topological polar surface area (TPSA) is 105 Å². The van der Waals surface area contributed by atoms with Gasteiger partial charge in [-0.25, -0.2) is 8.42 Å². The monoisotopic (exact) mass is 619 g/mol. The number of halogens is 2. The van der Waals surface area contributed by atoms with Crippen molar-refractivity contribution in [3.63, 3.8) is 0 Å². The lowest BCUT2D eigenvalue weighted by molar-refractivity contribution is -0.141. The molecule has 0 saturated heterocycles. The van der Waals surface area contributed by atoms with E-state index in [9.17, 15) is 18.0 Å². The summed E-state index contributed by atoms with van der Waals surface area (Å²) in [5.41, 5.74) is 1.79. The predicted octanol–water partition coefficient (Wildman–Crippen LogP) is 4.65. The van der Waals surface area contributed by atoms with Gasteiger partial charge in [0.15, 0.2) is 11.5 Å². The van der Waals surface area contributed by atoms with Crippen LogP contribution in [0.2, 0.25) is 10.0 Å². The molecule has 3 aromatic carbocycles. The third kappa shape index (κ3) is 7.63. The van der Waals surface area contributed by atoms with E-state index in [4.69, 9.17) is 32.7 Å². The van der Waals surface area contributed by atoms with Gasteiger partial charge in [-0.05, 0) is 36.2 Å². The summed E-state index contributed by atoms with van der Waals surface area (Å²) in [6.07, 6.45) is 1.54. The van der Waals surface area contributed by atoms with Gasteiger partial charge in [0.25, 0.3) is 0 Å². The molecule has 2 amide bonds. The standard InChI is InChI=1S/C29H31Cl2N3O6S/c1-32-29(36)25(16-20-8-4-3-5-9-20)33(18-22-23(30)10-6-11-24(22)31)28(35)12-7-15-34(41(2,37)38)21-13-14-26-27(17-21)40-19-39-26/h3-6,8-11,13-14,17,25H,7,12,15-16,18-19H2,1-2H3,(H,32,36)/t25-/m1/s1. The van der Waals surface area contributed by atoms with Crippen LogP contribution in [0.4, 0.5) is 5.69 Å². The van der Waals surface area contributed by atoms with Gasteiger partial charge < -0.3 is 19.7 Å². The number of nitrogens with one attached hydrogen (secondary N) is 1. The highest BCUT2D eigenvalue weighted by Crippen LogP contribution is 2.36. The van der Waals surface area contributed by atoms with Crippen molar-refractivity contribution in [2.45, 2.75) is 31.8 Å². The molecule has 0 fully saturated rings. The number of hydrogen-bond donors (Lipinski definition) is 1. The maximum Gasteiger partial charge on any atom is 0.242 e. The first-order valence-electron chi connectivity index (χ1n) is 12.9. The van der Waals surface area contributed by atoms with Crippen LogP contribution in [0.15, 0.2) is 66.7 Å². The number of fused-ring (bicyclic) bond motifs is 1. The summed E-state index contributed by atoms with van der Waals surface area (Å²) in [4.78, 5) is 28.4. The molecule has 0 spiro atoms. The molecular weight excluding hydrogens is 589 g/mol. The Bertz CT molecular complexity index is 1480. The van der Waals surface area contributed by atoms with E-state index in [1.807, 2.05) is 30.3 Å². The molecule has 4 rings (SSSR count). The fourth-order valence-corrected chi connectivity index (χ4v) is 6.09. The molecule has 12 heteroatoms. The van der Waals surface area contributed by atoms with E-state index in [0.717, 1.165) is 11.8 Å². The summed E-state index contributed by atoms with van der Waals surface area (Å²) >= 11 is 12.9. The van der Waals surface area contributed by atoms with Crippen molar-refractivity contribution >= 4 is 50.7 Å². The molecular formula is C29H31Cl2N3O6S. The first kappa shape index (κ1) is 30.5. The van der Waals surface area contributed by atoms with Crippen LogP contribution in [0.25, 0.3) is 0 Å². The van der Waals surface area contributed by atoms with Gasteiger partial charge in [-0.15, -0.1) is 0 Å². The van der Waals surface area contributed by atoms with E-state index in [0.29, 0.717) is 32.8 Å². The summed E-state index contributed by atoms with van der Waals surface area (Å²) in [7, 11) is -2.16. The molecule has 0 saturated carbocycles. The SMILES string of the molecule is CNC(=O)[C@@H](Cc1ccccc1)N(Cc1c(Cl)cccc1Cl)C(=O)CCCN(c1ccc2c(c1)OCO2)S(C)(=O)=O. The van der Waals surface area contributed by atoms with Crippen LogP contribution in [0.3, 0.4) is 0 Å². The number of hydrogen-bond acceptors (Lipinski definition) is 6. The lowest BCUT2D eigenvalue weighted by Gasteiger charge is -2.32. The molecule has 1 aliphatic heterocycles. The minimum absolute atomic E-state index is 0.000210. The van der Waals surface area contributed by atoms with E-state index in [1.54, 1.807) is 36.4 Å². The van der Waals surface area contributed by atoms with E-state index in [2.05, 4.69) is 5.32 Å². The first-order chi connectivity index (χ1) is 19.6. The molecule has 3 aromatic rings. The minimum atomic E-state index is -3.67. The lowest BCUT2D eigenvalue weighted by atomic mass is 10.0. The van der Waals surface area contributed by atoms with Crippen LogP contribution < -0.4 is 19.1 Å². The zero-order valence-corrected chi connectivity index (χ0v) is 25.0. The Morgan fingerprint density at radius 2 is 1.66 bits per heavy atom. The minimum Gasteiger partial charge on any atom is -0.454 e. The molecule has 9 nitrogen and oxygen atoms in total. The van der Waals surface area contributed by atoms with Gasteiger partial charge in [-0.2, -0.15) is 0 Å². The Morgan fingerprint density at radius 1 is 0.976 bits per heavy atom. The number of sulfonamides is 1. The van der Waals surface area contributed by atoms with Crippen LogP contribution in [-0.2, 0) is 32.6 Å². The Morgan fingerprint density at radius 3 is 2.32 bits per heavy atom. The van der Waals surface area contributed by atoms with Gasteiger partial charge in [0, 0.05) is 54.7 Å². The number of carbonyl (C=O) groups is 2. The molecule has 1 atom stereocenters. The van der Waals surface area contributed by atoms with Gasteiger partial charge >= 0.3 is 0 Å². The highest BCUT2D eigenvalue weighted by molar-refractivity contribution is 7.92. The van der Waals surface area contributed by atoms with Crippen molar-refractivity contribution in [3.05, 3.63) is 87.9 Å². The Balaban J connectivity index is 1.58. The molecule has 0 aromatic heterocycles. The largest absolute Gasteiger partial charge is 0.454 e. The molecule has 218 valence electrons. The smallest absolute Gasteiger partial charge is 0.242 e. The second-order valence-electron chi connectivity index (χ2n) is 9.52. The van der Waals surface area contributed by atoms with Crippen molar-refractivity contribution in [2.24, 2.45) is 0 Å². The molecule has 41 heavy (non-hydrogen) atoms. The molecule has 1 heterocycles. The van der Waals surface area contributed by atoms with Crippen LogP contribution in [0.5, 0.6) is 11.5 Å². The van der Waals surface area contributed by atoms with Crippen LogP contribution in [0.1, 0.15) is 24.0 Å². The molecule has 1 aliphatic rings. The summed E-state index contributed by atoms with van der Waals surface area (Å²) in [6.45, 7) is 0.0986. The summed E-state index contributed by atoms with van der Waals surface area (Å²) in [5, 5.41) is 3.41. The summed E-state index contributed by atoms with van der Waals surface area (Å²) < 4.78 is 37.3.